The lowest BCUT2D eigenvalue weighted by atomic mass is 9.60. The minimum Gasteiger partial charge on any atom is -0.321 e. The minimum absolute atomic E-state index is 0.196. The van der Waals surface area contributed by atoms with E-state index in [-0.39, 0.29) is 11.0 Å². The number of halogens is 2. The Hall–Kier alpha value is -0.240. The molecule has 0 bridgehead atoms. The van der Waals surface area contributed by atoms with Crippen molar-refractivity contribution in [3.8, 4) is 0 Å². The molecule has 0 saturated heterocycles. The zero-order chi connectivity index (χ0) is 14.3. The summed E-state index contributed by atoms with van der Waals surface area (Å²) in [6.07, 6.45) is 4.65. The van der Waals surface area contributed by atoms with E-state index in [0.29, 0.717) is 16.0 Å². The van der Waals surface area contributed by atoms with E-state index < -0.39 is 0 Å². The molecule has 1 aromatic rings. The molecule has 19 heavy (non-hydrogen) atoms. The van der Waals surface area contributed by atoms with Gasteiger partial charge in [0, 0.05) is 5.54 Å². The first-order valence-corrected chi connectivity index (χ1v) is 7.75. The molecule has 1 fully saturated rings. The molecule has 1 nitrogen and oxygen atoms in total. The molecule has 1 aromatic carbocycles. The van der Waals surface area contributed by atoms with E-state index >= 15 is 0 Å². The van der Waals surface area contributed by atoms with Gasteiger partial charge in [0.25, 0.3) is 0 Å². The van der Waals surface area contributed by atoms with Crippen LogP contribution >= 0.6 is 23.2 Å². The molecule has 1 aliphatic carbocycles. The number of hydrogen-bond donors (Lipinski definition) is 1. The summed E-state index contributed by atoms with van der Waals surface area (Å²) in [6, 6.07) is 5.86. The van der Waals surface area contributed by atoms with E-state index in [4.69, 9.17) is 28.9 Å². The van der Waals surface area contributed by atoms with E-state index in [1.54, 1.807) is 0 Å². The Morgan fingerprint density at radius 1 is 1.16 bits per heavy atom. The maximum absolute atomic E-state index is 6.83. The Labute approximate surface area is 126 Å². The largest absolute Gasteiger partial charge is 0.321 e. The first-order valence-electron chi connectivity index (χ1n) is 6.99. The Balaban J connectivity index is 2.45. The van der Waals surface area contributed by atoms with Crippen molar-refractivity contribution in [2.24, 2.45) is 17.1 Å². The summed E-state index contributed by atoms with van der Waals surface area (Å²) in [5.41, 5.74) is 7.86. The van der Waals surface area contributed by atoms with E-state index in [1.165, 1.54) is 19.3 Å². The highest BCUT2D eigenvalue weighted by atomic mass is 35.5. The third kappa shape index (κ3) is 2.94. The van der Waals surface area contributed by atoms with Gasteiger partial charge in [0.1, 0.15) is 0 Å². The highest BCUT2D eigenvalue weighted by molar-refractivity contribution is 6.42. The molecule has 0 amide bonds. The van der Waals surface area contributed by atoms with Crippen molar-refractivity contribution in [1.82, 2.24) is 0 Å². The van der Waals surface area contributed by atoms with Gasteiger partial charge in [-0.2, -0.15) is 0 Å². The van der Waals surface area contributed by atoms with E-state index in [2.05, 4.69) is 20.8 Å². The molecule has 0 aliphatic heterocycles. The third-order valence-electron chi connectivity index (χ3n) is 4.46. The van der Waals surface area contributed by atoms with Gasteiger partial charge in [-0.15, -0.1) is 0 Å². The Morgan fingerprint density at radius 2 is 1.84 bits per heavy atom. The molecule has 106 valence electrons. The maximum atomic E-state index is 6.83. The summed E-state index contributed by atoms with van der Waals surface area (Å²) in [6.45, 7) is 6.84. The summed E-state index contributed by atoms with van der Waals surface area (Å²) < 4.78 is 0. The van der Waals surface area contributed by atoms with E-state index in [9.17, 15) is 0 Å². The molecular weight excluding hydrogens is 277 g/mol. The normalized spacial score (nSPS) is 28.4. The molecule has 2 rings (SSSR count). The highest BCUT2D eigenvalue weighted by Crippen LogP contribution is 2.48. The molecule has 0 heterocycles. The van der Waals surface area contributed by atoms with E-state index in [1.807, 2.05) is 18.2 Å². The van der Waals surface area contributed by atoms with Crippen LogP contribution in [0.15, 0.2) is 18.2 Å². The zero-order valence-electron chi connectivity index (χ0n) is 12.0. The lowest BCUT2D eigenvalue weighted by Gasteiger charge is -2.48. The zero-order valence-corrected chi connectivity index (χ0v) is 13.5. The molecule has 1 saturated carbocycles. The Morgan fingerprint density at radius 3 is 2.42 bits per heavy atom. The predicted molar refractivity (Wildman–Crippen MR) is 83.7 cm³/mol. The Kier molecular flexibility index (Phi) is 4.21. The standard InChI is InChI=1S/C16H23Cl2N/c1-15(2,3)14-6-4-5-9-16(14,19)11-7-8-12(17)13(18)10-11/h7-8,10,14H,4-6,9,19H2,1-3H3. The van der Waals surface area contributed by atoms with Crippen molar-refractivity contribution >= 4 is 23.2 Å². The molecule has 2 atom stereocenters. The van der Waals surface area contributed by atoms with Crippen molar-refractivity contribution in [2.45, 2.75) is 52.0 Å². The molecule has 2 N–H and O–H groups in total. The summed E-state index contributed by atoms with van der Waals surface area (Å²) >= 11 is 12.2. The smallest absolute Gasteiger partial charge is 0.0595 e. The van der Waals surface area contributed by atoms with Gasteiger partial charge in [0.15, 0.2) is 0 Å². The number of rotatable bonds is 1. The van der Waals surface area contributed by atoms with Crippen molar-refractivity contribution in [3.63, 3.8) is 0 Å². The van der Waals surface area contributed by atoms with Gasteiger partial charge in [-0.1, -0.05) is 62.9 Å². The van der Waals surface area contributed by atoms with Crippen LogP contribution in [0.3, 0.4) is 0 Å². The van der Waals surface area contributed by atoms with Crippen LogP contribution in [0, 0.1) is 11.3 Å². The third-order valence-corrected chi connectivity index (χ3v) is 5.20. The van der Waals surface area contributed by atoms with Crippen molar-refractivity contribution in [2.75, 3.05) is 0 Å². The molecule has 1 aliphatic rings. The van der Waals surface area contributed by atoms with Gasteiger partial charge < -0.3 is 5.73 Å². The maximum Gasteiger partial charge on any atom is 0.0595 e. The average molecular weight is 300 g/mol. The van der Waals surface area contributed by atoms with Gasteiger partial charge in [-0.25, -0.2) is 0 Å². The minimum atomic E-state index is -0.287. The monoisotopic (exact) mass is 299 g/mol. The highest BCUT2D eigenvalue weighted by Gasteiger charge is 2.44. The SMILES string of the molecule is CC(C)(C)C1CCCCC1(N)c1ccc(Cl)c(Cl)c1. The summed E-state index contributed by atoms with van der Waals surface area (Å²) in [5, 5.41) is 1.19. The van der Waals surface area contributed by atoms with E-state index in [0.717, 1.165) is 12.0 Å². The summed E-state index contributed by atoms with van der Waals surface area (Å²) in [7, 11) is 0. The second-order valence-electron chi connectivity index (χ2n) is 6.83. The lowest BCUT2D eigenvalue weighted by Crippen LogP contribution is -2.51. The topological polar surface area (TPSA) is 26.0 Å². The lowest BCUT2D eigenvalue weighted by molar-refractivity contribution is 0.0778. The van der Waals surface area contributed by atoms with Crippen molar-refractivity contribution in [3.05, 3.63) is 33.8 Å². The first-order chi connectivity index (χ1) is 8.75. The predicted octanol–water partition coefficient (Wildman–Crippen LogP) is 5.38. The van der Waals surface area contributed by atoms with Crippen molar-refractivity contribution < 1.29 is 0 Å². The van der Waals surface area contributed by atoms with Gasteiger partial charge in [-0.3, -0.25) is 0 Å². The van der Waals surface area contributed by atoms with Crippen LogP contribution in [0.2, 0.25) is 10.0 Å². The molecule has 2 unspecified atom stereocenters. The van der Waals surface area contributed by atoms with Gasteiger partial charge in [-0.05, 0) is 41.9 Å². The summed E-state index contributed by atoms with van der Waals surface area (Å²) in [4.78, 5) is 0. The quantitative estimate of drug-likeness (QED) is 0.740. The molecule has 3 heteroatoms. The van der Waals surface area contributed by atoms with Crippen LogP contribution in [0.5, 0.6) is 0 Å². The number of nitrogens with two attached hydrogens (primary N) is 1. The van der Waals surface area contributed by atoms with Crippen LogP contribution in [0.1, 0.15) is 52.0 Å². The fourth-order valence-electron chi connectivity index (χ4n) is 3.53. The van der Waals surface area contributed by atoms with Crippen LogP contribution in [0.25, 0.3) is 0 Å². The summed E-state index contributed by atoms with van der Waals surface area (Å²) in [5.74, 6) is 0.464. The van der Waals surface area contributed by atoms with Gasteiger partial charge in [0.2, 0.25) is 0 Å². The molecular formula is C16H23Cl2N. The van der Waals surface area contributed by atoms with Crippen LogP contribution in [-0.4, -0.2) is 0 Å². The fourth-order valence-corrected chi connectivity index (χ4v) is 3.83. The van der Waals surface area contributed by atoms with Gasteiger partial charge >= 0.3 is 0 Å². The molecule has 0 spiro atoms. The number of benzene rings is 1. The van der Waals surface area contributed by atoms with Crippen molar-refractivity contribution in [1.29, 1.82) is 0 Å². The molecule has 0 aromatic heterocycles. The Bertz CT molecular complexity index is 464. The fraction of sp³-hybridized carbons (Fsp3) is 0.625. The molecule has 0 radical (unpaired) electrons. The second kappa shape index (κ2) is 5.27. The van der Waals surface area contributed by atoms with Crippen LogP contribution in [0.4, 0.5) is 0 Å². The number of hydrogen-bond acceptors (Lipinski definition) is 1. The first kappa shape index (κ1) is 15.2. The second-order valence-corrected chi connectivity index (χ2v) is 7.65. The van der Waals surface area contributed by atoms with Crippen LogP contribution < -0.4 is 5.73 Å². The van der Waals surface area contributed by atoms with Gasteiger partial charge in [0.05, 0.1) is 10.0 Å². The van der Waals surface area contributed by atoms with Crippen LogP contribution in [-0.2, 0) is 5.54 Å². The average Bonchev–Trinajstić information content (AvgIpc) is 2.31.